The quantitative estimate of drug-likeness (QED) is 0.0821. The van der Waals surface area contributed by atoms with Gasteiger partial charge in [-0.1, -0.05) is 109 Å². The molecule has 0 aliphatic rings. The Labute approximate surface area is 526 Å². The molecule has 0 aliphatic carbocycles. The number of hydrogen-bond donors (Lipinski definition) is 0. The van der Waals surface area contributed by atoms with Gasteiger partial charge < -0.3 is 48.0 Å². The molecule has 22 heteroatoms. The summed E-state index contributed by atoms with van der Waals surface area (Å²) in [5.74, 6) is 0. The van der Waals surface area contributed by atoms with Crippen molar-refractivity contribution in [3.63, 3.8) is 0 Å². The van der Waals surface area contributed by atoms with Crippen molar-refractivity contribution in [2.24, 2.45) is 0 Å². The van der Waals surface area contributed by atoms with E-state index in [4.69, 9.17) is 5.26 Å². The van der Waals surface area contributed by atoms with Gasteiger partial charge in [0.15, 0.2) is 16.3 Å². The Kier molecular flexibility index (Phi) is 40.6. The van der Waals surface area contributed by atoms with Crippen LogP contribution in [0.5, 0.6) is 0 Å². The van der Waals surface area contributed by atoms with Crippen molar-refractivity contribution in [1.29, 1.82) is 5.26 Å². The minimum Gasteiger partial charge on any atom is -2.00 e. The number of nitriles is 1. The van der Waals surface area contributed by atoms with Crippen molar-refractivity contribution >= 4 is 99.9 Å². The number of pyridine rings is 3. The summed E-state index contributed by atoms with van der Waals surface area (Å²) in [6.07, 6.45) is 5.75. The molecule has 3 aromatic heterocycles. The summed E-state index contributed by atoms with van der Waals surface area (Å²) in [5.41, 5.74) is 7.41. The van der Waals surface area contributed by atoms with Crippen molar-refractivity contribution in [2.75, 3.05) is 0 Å². The maximum Gasteiger partial charge on any atom is 1.00 e. The van der Waals surface area contributed by atoms with E-state index in [0.717, 1.165) is 0 Å². The molecule has 78 heavy (non-hydrogen) atoms. The topological polar surface area (TPSA) is 62.5 Å². The van der Waals surface area contributed by atoms with Gasteiger partial charge in [0.1, 0.15) is 55.6 Å². The van der Waals surface area contributed by atoms with Crippen LogP contribution in [0.2, 0.25) is 0 Å². The van der Waals surface area contributed by atoms with Crippen LogP contribution >= 0.6 is 23.8 Å². The summed E-state index contributed by atoms with van der Waals surface area (Å²) < 4.78 is 78.0. The second-order valence-corrected chi connectivity index (χ2v) is 22.9. The SMILES string of the molecule is CC#N.Cc1ccnc([PH+](c2ccccc2)c2ccccc2)c1.Cc1ccnc([PH+](c2ccccc2)c2ccccc2)c1.Cc1ccnc([PH+](c2ccccc2)c2ccccc2)c1.F[B-](F)(F)F.F[B-](F)(F)F.[Ag+].[Au+].[Au+].[Au+].[S-2]. The van der Waals surface area contributed by atoms with Crippen molar-refractivity contribution in [3.05, 3.63) is 254 Å². The smallest absolute Gasteiger partial charge is 1.00 e. The fraction of sp³-hybridized carbons (Fsp3) is 0.0714. The van der Waals surface area contributed by atoms with Crippen LogP contribution in [0.1, 0.15) is 23.6 Å². The zero-order chi connectivity index (χ0) is 53.1. The van der Waals surface area contributed by atoms with Crippen LogP contribution in [-0.4, -0.2) is 29.5 Å². The van der Waals surface area contributed by atoms with Gasteiger partial charge in [0, 0.05) is 43.7 Å². The van der Waals surface area contributed by atoms with E-state index in [1.807, 2.05) is 18.6 Å². The third-order valence-electron chi connectivity index (χ3n) is 9.89. The Hall–Kier alpha value is -3.57. The molecule has 0 saturated carbocycles. The number of aryl methyl sites for hydroxylation is 3. The zero-order valence-electron chi connectivity index (χ0n) is 42.1. The van der Waals surface area contributed by atoms with Crippen LogP contribution < -0.4 is 48.1 Å². The molecule has 0 aliphatic heterocycles. The molecular weight excluding hydrogens is 1730 g/mol. The Morgan fingerprint density at radius 2 is 0.487 bits per heavy atom. The van der Waals surface area contributed by atoms with Gasteiger partial charge in [-0.05, 0) is 128 Å². The molecule has 0 spiro atoms. The molecule has 0 bridgehead atoms. The van der Waals surface area contributed by atoms with E-state index >= 15 is 0 Å². The molecule has 0 fully saturated rings. The number of halogens is 8. The van der Waals surface area contributed by atoms with E-state index in [1.54, 1.807) is 6.07 Å². The number of nitrogens with zero attached hydrogens (tertiary/aromatic N) is 4. The number of benzene rings is 6. The average molecular weight is 1780 g/mol. The second kappa shape index (κ2) is 41.4. The number of aromatic nitrogens is 3. The van der Waals surface area contributed by atoms with Crippen LogP contribution in [0.3, 0.4) is 0 Å². The fourth-order valence-corrected chi connectivity index (χ4v) is 14.7. The fourth-order valence-electron chi connectivity index (χ4n) is 7.03. The minimum absolute atomic E-state index is 0. The first-order valence-corrected chi connectivity index (χ1v) is 27.2. The summed E-state index contributed by atoms with van der Waals surface area (Å²) in [4.78, 5) is 13.9. The Morgan fingerprint density at radius 1 is 0.346 bits per heavy atom. The van der Waals surface area contributed by atoms with Crippen LogP contribution in [0, 0.1) is 32.1 Å². The van der Waals surface area contributed by atoms with Crippen molar-refractivity contribution in [1.82, 2.24) is 15.0 Å². The van der Waals surface area contributed by atoms with Gasteiger partial charge in [-0.3, -0.25) is 0 Å². The summed E-state index contributed by atoms with van der Waals surface area (Å²) in [6, 6.07) is 78.8. The standard InChI is InChI=1S/3C18H16NP.C2H3N.Ag.3Au.2BF4.S/c3*1-15-12-13-19-18(14-15)20(16-8-4-2-5-9-16)17-10-6-3-7-11-17;1-2-3;;;;;2*2-1(3,4)5;/h3*2-14H,1H3;1H3;;;;;;;/q;;;;4*+1;2*-1;-2/p+3. The Morgan fingerprint density at radius 3 is 0.615 bits per heavy atom. The molecule has 9 aromatic rings. The molecule has 0 unspecified atom stereocenters. The normalized spacial score (nSPS) is 9.87. The first-order valence-electron chi connectivity index (χ1n) is 22.7. The van der Waals surface area contributed by atoms with E-state index in [-0.39, 0.29) is 103 Å². The first-order chi connectivity index (χ1) is 34.9. The van der Waals surface area contributed by atoms with Gasteiger partial charge in [0.2, 0.25) is 0 Å². The summed E-state index contributed by atoms with van der Waals surface area (Å²) >= 11 is 0. The molecule has 4 nitrogen and oxygen atoms in total. The Balaban J connectivity index is 0. The predicted molar refractivity (Wildman–Crippen MR) is 306 cm³/mol. The molecule has 6 aromatic carbocycles. The van der Waals surface area contributed by atoms with Gasteiger partial charge in [-0.25, -0.2) is 15.0 Å². The van der Waals surface area contributed by atoms with E-state index < -0.39 is 38.3 Å². The van der Waals surface area contributed by atoms with Crippen molar-refractivity contribution in [2.45, 2.75) is 27.7 Å². The number of rotatable bonds is 9. The van der Waals surface area contributed by atoms with E-state index in [2.05, 4.69) is 254 Å². The van der Waals surface area contributed by atoms with Gasteiger partial charge in [0.05, 0.1) is 6.07 Å². The summed E-state index contributed by atoms with van der Waals surface area (Å²) in [7, 11) is -15.0. The molecule has 0 amide bonds. The summed E-state index contributed by atoms with van der Waals surface area (Å²) in [6.45, 7) is 7.81. The van der Waals surface area contributed by atoms with Crippen LogP contribution in [0.4, 0.5) is 34.5 Å². The van der Waals surface area contributed by atoms with E-state index in [9.17, 15) is 34.5 Å². The average Bonchev–Trinajstić information content (AvgIpc) is 3.36. The molecule has 0 saturated heterocycles. The van der Waals surface area contributed by atoms with Crippen molar-refractivity contribution in [3.8, 4) is 6.07 Å². The molecule has 0 radical (unpaired) electrons. The molecule has 3 heterocycles. The maximum atomic E-state index is 9.75. The van der Waals surface area contributed by atoms with Gasteiger partial charge in [-0.15, -0.1) is 0 Å². The van der Waals surface area contributed by atoms with Crippen LogP contribution in [0.25, 0.3) is 0 Å². The second-order valence-electron chi connectivity index (χ2n) is 15.7. The monoisotopic (exact) mass is 1780 g/mol. The zero-order valence-corrected chi connectivity index (χ0v) is 53.9. The third-order valence-corrected chi connectivity index (χ3v) is 17.7. The van der Waals surface area contributed by atoms with E-state index in [1.165, 1.54) is 71.7 Å². The molecule has 9 rings (SSSR count). The molecular formula is C56H54AgAu3B2F8N4P3S+3. The van der Waals surface area contributed by atoms with Crippen LogP contribution in [-0.2, 0) is 103 Å². The minimum atomic E-state index is -6.00. The molecule has 0 N–H and O–H groups in total. The van der Waals surface area contributed by atoms with Crippen molar-refractivity contribution < 1.29 is 124 Å². The third kappa shape index (κ3) is 30.3. The predicted octanol–water partition coefficient (Wildman–Crippen LogP) is 11.8. The molecule has 422 valence electrons. The largest absolute Gasteiger partial charge is 2.00 e. The Bertz CT molecular complexity index is 2580. The summed E-state index contributed by atoms with van der Waals surface area (Å²) in [5, 5.41) is 15.6. The first kappa shape index (κ1) is 76.5. The van der Waals surface area contributed by atoms with Crippen LogP contribution in [0.15, 0.2) is 237 Å². The number of hydrogen-bond acceptors (Lipinski definition) is 4. The van der Waals surface area contributed by atoms with Gasteiger partial charge in [-0.2, -0.15) is 5.26 Å². The van der Waals surface area contributed by atoms with Gasteiger partial charge in [0.25, 0.3) is 0 Å². The van der Waals surface area contributed by atoms with Gasteiger partial charge >= 0.3 is 104 Å². The maximum absolute atomic E-state index is 9.75. The molecule has 0 atom stereocenters. The van der Waals surface area contributed by atoms with E-state index in [0.29, 0.717) is 0 Å².